The zero-order valence-corrected chi connectivity index (χ0v) is 9.95. The summed E-state index contributed by atoms with van der Waals surface area (Å²) in [5.74, 6) is 2.93. The van der Waals surface area contributed by atoms with Gasteiger partial charge in [0.05, 0.1) is 6.54 Å². The lowest BCUT2D eigenvalue weighted by Gasteiger charge is -2.17. The topological polar surface area (TPSA) is 50.2 Å². The normalized spacial score (nSPS) is 14.0. The number of hydrogen-bond donors (Lipinski definition) is 1. The zero-order chi connectivity index (χ0) is 11.4. The summed E-state index contributed by atoms with van der Waals surface area (Å²) in [5.41, 5.74) is 1.10. The minimum Gasteiger partial charge on any atom is -0.328 e. The van der Waals surface area contributed by atoms with Gasteiger partial charge >= 0.3 is 0 Å². The number of fused-ring (bicyclic) bond motifs is 1. The van der Waals surface area contributed by atoms with E-state index in [1.807, 2.05) is 6.20 Å². The lowest BCUT2D eigenvalue weighted by molar-refractivity contribution is 0.822. The van der Waals surface area contributed by atoms with Crippen LogP contribution < -0.4 is 5.32 Å². The smallest absolute Gasteiger partial charge is 0.140 e. The fraction of sp³-hybridized carbons (Fsp3) is 0.583. The predicted molar refractivity (Wildman–Crippen MR) is 65.7 cm³/mol. The molecule has 16 heavy (non-hydrogen) atoms. The number of nitrogens with zero attached hydrogens (tertiary/aromatic N) is 3. The molecule has 0 bridgehead atoms. The minimum absolute atomic E-state index is 0.712. The molecule has 0 spiro atoms. The second kappa shape index (κ2) is 5.05. The van der Waals surface area contributed by atoms with Crippen LogP contribution in [0.2, 0.25) is 0 Å². The Labute approximate surface area is 96.2 Å². The standard InChI is InChI=1S/C12H18N4/c1-3-5-10-13-7-9-8-14-11(6-4-2)16-12(9)15-10/h7H,3-6,8H2,1-2H3,(H,13,14,15,16). The fourth-order valence-electron chi connectivity index (χ4n) is 1.75. The Morgan fingerprint density at radius 2 is 2.06 bits per heavy atom. The SMILES string of the molecule is CCCC1=NCc2cnc(CCC)nc2N1. The van der Waals surface area contributed by atoms with Crippen LogP contribution >= 0.6 is 0 Å². The van der Waals surface area contributed by atoms with Gasteiger partial charge in [0.1, 0.15) is 17.5 Å². The predicted octanol–water partition coefficient (Wildman–Crippen LogP) is 2.55. The van der Waals surface area contributed by atoms with E-state index in [2.05, 4.69) is 34.1 Å². The summed E-state index contributed by atoms with van der Waals surface area (Å²) in [6.45, 7) is 5.01. The maximum absolute atomic E-state index is 4.53. The molecule has 0 aliphatic carbocycles. The molecule has 0 saturated heterocycles. The van der Waals surface area contributed by atoms with Crippen LogP contribution in [-0.4, -0.2) is 15.8 Å². The van der Waals surface area contributed by atoms with Crippen LogP contribution in [0.5, 0.6) is 0 Å². The van der Waals surface area contributed by atoms with E-state index < -0.39 is 0 Å². The fourth-order valence-corrected chi connectivity index (χ4v) is 1.75. The highest BCUT2D eigenvalue weighted by Gasteiger charge is 2.13. The van der Waals surface area contributed by atoms with Gasteiger partial charge < -0.3 is 5.32 Å². The van der Waals surface area contributed by atoms with E-state index in [0.29, 0.717) is 6.54 Å². The molecule has 86 valence electrons. The van der Waals surface area contributed by atoms with Crippen molar-refractivity contribution in [3.8, 4) is 0 Å². The molecular formula is C12H18N4. The summed E-state index contributed by atoms with van der Waals surface area (Å²) in [4.78, 5) is 13.3. The molecule has 1 aliphatic heterocycles. The molecule has 0 fully saturated rings. The molecule has 0 aromatic carbocycles. The zero-order valence-electron chi connectivity index (χ0n) is 9.95. The Morgan fingerprint density at radius 3 is 2.81 bits per heavy atom. The van der Waals surface area contributed by atoms with E-state index in [1.54, 1.807) is 0 Å². The quantitative estimate of drug-likeness (QED) is 0.845. The monoisotopic (exact) mass is 218 g/mol. The van der Waals surface area contributed by atoms with Crippen LogP contribution in [0.4, 0.5) is 5.82 Å². The van der Waals surface area contributed by atoms with Crippen LogP contribution in [0.3, 0.4) is 0 Å². The molecule has 1 aromatic heterocycles. The van der Waals surface area contributed by atoms with Gasteiger partial charge in [0.25, 0.3) is 0 Å². The Morgan fingerprint density at radius 1 is 1.25 bits per heavy atom. The lowest BCUT2D eigenvalue weighted by Crippen LogP contribution is -2.19. The van der Waals surface area contributed by atoms with Crippen molar-refractivity contribution in [1.82, 2.24) is 9.97 Å². The summed E-state index contributed by atoms with van der Waals surface area (Å²) in [6.07, 6.45) is 6.01. The van der Waals surface area contributed by atoms with Gasteiger partial charge in [-0.3, -0.25) is 4.99 Å². The Balaban J connectivity index is 2.16. The summed E-state index contributed by atoms with van der Waals surface area (Å²) in [6, 6.07) is 0. The number of nitrogens with one attached hydrogen (secondary N) is 1. The average Bonchev–Trinajstić information content (AvgIpc) is 2.29. The van der Waals surface area contributed by atoms with Gasteiger partial charge in [0.15, 0.2) is 0 Å². The molecule has 2 heterocycles. The van der Waals surface area contributed by atoms with E-state index in [0.717, 1.165) is 48.7 Å². The van der Waals surface area contributed by atoms with E-state index in [9.17, 15) is 0 Å². The van der Waals surface area contributed by atoms with Crippen molar-refractivity contribution in [3.63, 3.8) is 0 Å². The summed E-state index contributed by atoms with van der Waals surface area (Å²) in [7, 11) is 0. The molecule has 4 nitrogen and oxygen atoms in total. The van der Waals surface area contributed by atoms with Crippen LogP contribution in [0.25, 0.3) is 0 Å². The first-order valence-electron chi connectivity index (χ1n) is 5.98. The number of hydrogen-bond acceptors (Lipinski definition) is 4. The first-order valence-corrected chi connectivity index (χ1v) is 5.98. The number of aryl methyl sites for hydroxylation is 1. The highest BCUT2D eigenvalue weighted by atomic mass is 15.1. The highest BCUT2D eigenvalue weighted by molar-refractivity contribution is 5.96. The molecular weight excluding hydrogens is 200 g/mol. The van der Waals surface area contributed by atoms with Gasteiger partial charge in [-0.05, 0) is 12.8 Å². The Bertz CT molecular complexity index is 398. The van der Waals surface area contributed by atoms with Gasteiger partial charge in [-0.15, -0.1) is 0 Å². The molecule has 0 saturated carbocycles. The minimum atomic E-state index is 0.712. The summed E-state index contributed by atoms with van der Waals surface area (Å²) >= 11 is 0. The largest absolute Gasteiger partial charge is 0.328 e. The maximum atomic E-state index is 4.53. The molecule has 0 unspecified atom stereocenters. The number of aromatic nitrogens is 2. The number of aliphatic imine (C=N–C) groups is 1. The molecule has 0 atom stereocenters. The van der Waals surface area contributed by atoms with Crippen molar-refractivity contribution in [2.75, 3.05) is 5.32 Å². The van der Waals surface area contributed by atoms with Crippen LogP contribution in [0, 0.1) is 0 Å². The lowest BCUT2D eigenvalue weighted by atomic mass is 10.2. The molecule has 0 radical (unpaired) electrons. The molecule has 4 heteroatoms. The van der Waals surface area contributed by atoms with Crippen molar-refractivity contribution < 1.29 is 0 Å². The van der Waals surface area contributed by atoms with Gasteiger partial charge in [-0.1, -0.05) is 13.8 Å². The van der Waals surface area contributed by atoms with Crippen molar-refractivity contribution in [2.45, 2.75) is 46.1 Å². The molecule has 0 amide bonds. The second-order valence-electron chi connectivity index (χ2n) is 4.05. The van der Waals surface area contributed by atoms with E-state index in [-0.39, 0.29) is 0 Å². The number of rotatable bonds is 4. The summed E-state index contributed by atoms with van der Waals surface area (Å²) in [5, 5.41) is 3.30. The first-order chi connectivity index (χ1) is 7.83. The Kier molecular flexibility index (Phi) is 3.49. The van der Waals surface area contributed by atoms with Gasteiger partial charge in [-0.2, -0.15) is 0 Å². The molecule has 1 N–H and O–H groups in total. The van der Waals surface area contributed by atoms with Gasteiger partial charge in [0, 0.05) is 24.6 Å². The maximum Gasteiger partial charge on any atom is 0.140 e. The first kappa shape index (κ1) is 11.0. The van der Waals surface area contributed by atoms with Crippen LogP contribution in [0.1, 0.15) is 44.5 Å². The van der Waals surface area contributed by atoms with Gasteiger partial charge in [0.2, 0.25) is 0 Å². The van der Waals surface area contributed by atoms with Crippen molar-refractivity contribution in [2.24, 2.45) is 4.99 Å². The molecule has 1 aliphatic rings. The van der Waals surface area contributed by atoms with Crippen molar-refractivity contribution in [1.29, 1.82) is 0 Å². The third-order valence-electron chi connectivity index (χ3n) is 2.58. The van der Waals surface area contributed by atoms with Crippen LogP contribution in [0.15, 0.2) is 11.2 Å². The van der Waals surface area contributed by atoms with E-state index in [4.69, 9.17) is 0 Å². The van der Waals surface area contributed by atoms with E-state index >= 15 is 0 Å². The summed E-state index contributed by atoms with van der Waals surface area (Å²) < 4.78 is 0. The number of amidine groups is 1. The second-order valence-corrected chi connectivity index (χ2v) is 4.05. The van der Waals surface area contributed by atoms with Gasteiger partial charge in [-0.25, -0.2) is 9.97 Å². The number of anilines is 1. The average molecular weight is 218 g/mol. The molecule has 1 aromatic rings. The Hall–Kier alpha value is -1.45. The van der Waals surface area contributed by atoms with Crippen molar-refractivity contribution >= 4 is 11.7 Å². The highest BCUT2D eigenvalue weighted by Crippen LogP contribution is 2.18. The van der Waals surface area contributed by atoms with E-state index in [1.165, 1.54) is 0 Å². The third kappa shape index (κ3) is 2.38. The molecule has 2 rings (SSSR count). The van der Waals surface area contributed by atoms with Crippen LogP contribution in [-0.2, 0) is 13.0 Å². The third-order valence-corrected chi connectivity index (χ3v) is 2.58. The van der Waals surface area contributed by atoms with Crippen molar-refractivity contribution in [3.05, 3.63) is 17.6 Å².